The molecule has 1 aromatic heterocycles. The number of hydrogen-bond donors (Lipinski definition) is 0. The second-order valence-electron chi connectivity index (χ2n) is 7.24. The Balaban J connectivity index is 1.24. The molecule has 1 fully saturated rings. The summed E-state index contributed by atoms with van der Waals surface area (Å²) in [5.41, 5.74) is 1.92. The van der Waals surface area contributed by atoms with E-state index in [9.17, 15) is 14.4 Å². The summed E-state index contributed by atoms with van der Waals surface area (Å²) in [5.74, 6) is 0.350. The quantitative estimate of drug-likeness (QED) is 0.643. The molecule has 0 radical (unpaired) electrons. The molecule has 0 atom stereocenters. The molecular formula is C21H19N3O6. The van der Waals surface area contributed by atoms with Crippen LogP contribution < -0.4 is 15.2 Å². The molecule has 0 N–H and O–H groups in total. The van der Waals surface area contributed by atoms with E-state index in [1.165, 1.54) is 9.47 Å². The third kappa shape index (κ3) is 3.28. The number of rotatable bonds is 4. The molecule has 0 aliphatic carbocycles. The standard InChI is InChI=1S/C21H19N3O6/c25-19-11-23(20(26)12-24-15-3-1-2-4-16(15)30-21(24)27)8-7-22(19)10-14-5-6-17-18(9-14)29-13-28-17/h1-6,9H,7-8,10-13H2. The Morgan fingerprint density at radius 2 is 1.83 bits per heavy atom. The first-order chi connectivity index (χ1) is 14.6. The predicted octanol–water partition coefficient (Wildman–Crippen LogP) is 1.19. The number of piperazine rings is 1. The van der Waals surface area contributed by atoms with Gasteiger partial charge in [0.15, 0.2) is 17.1 Å². The molecule has 0 unspecified atom stereocenters. The maximum absolute atomic E-state index is 12.7. The highest BCUT2D eigenvalue weighted by Crippen LogP contribution is 2.32. The molecule has 0 saturated carbocycles. The van der Waals surface area contributed by atoms with Crippen LogP contribution >= 0.6 is 0 Å². The summed E-state index contributed by atoms with van der Waals surface area (Å²) < 4.78 is 17.1. The second kappa shape index (κ2) is 7.25. The summed E-state index contributed by atoms with van der Waals surface area (Å²) in [7, 11) is 0. The minimum atomic E-state index is -0.586. The molecule has 2 aliphatic heterocycles. The van der Waals surface area contributed by atoms with Crippen molar-refractivity contribution in [3.8, 4) is 11.5 Å². The van der Waals surface area contributed by atoms with Gasteiger partial charge in [0.05, 0.1) is 12.1 Å². The molecule has 30 heavy (non-hydrogen) atoms. The number of hydrogen-bond acceptors (Lipinski definition) is 6. The van der Waals surface area contributed by atoms with Crippen molar-refractivity contribution in [3.05, 3.63) is 58.6 Å². The average Bonchev–Trinajstić information content (AvgIpc) is 3.33. The zero-order valence-electron chi connectivity index (χ0n) is 16.1. The average molecular weight is 409 g/mol. The van der Waals surface area contributed by atoms with Crippen molar-refractivity contribution in [1.29, 1.82) is 0 Å². The van der Waals surface area contributed by atoms with Gasteiger partial charge in [-0.25, -0.2) is 4.79 Å². The van der Waals surface area contributed by atoms with Crippen LogP contribution in [0.25, 0.3) is 11.1 Å². The number of fused-ring (bicyclic) bond motifs is 2. The number of benzene rings is 2. The molecule has 0 bridgehead atoms. The number of carbonyl (C=O) groups is 2. The molecule has 2 amide bonds. The smallest absolute Gasteiger partial charge is 0.420 e. The number of ether oxygens (including phenoxy) is 2. The highest BCUT2D eigenvalue weighted by Gasteiger charge is 2.28. The monoisotopic (exact) mass is 409 g/mol. The van der Waals surface area contributed by atoms with Gasteiger partial charge < -0.3 is 23.7 Å². The molecule has 5 rings (SSSR count). The molecule has 9 nitrogen and oxygen atoms in total. The van der Waals surface area contributed by atoms with Crippen molar-refractivity contribution in [2.75, 3.05) is 26.4 Å². The molecule has 2 aliphatic rings. The van der Waals surface area contributed by atoms with Crippen molar-refractivity contribution in [3.63, 3.8) is 0 Å². The van der Waals surface area contributed by atoms with Crippen LogP contribution in [0.2, 0.25) is 0 Å². The van der Waals surface area contributed by atoms with E-state index in [2.05, 4.69) is 0 Å². The maximum atomic E-state index is 12.7. The van der Waals surface area contributed by atoms with Gasteiger partial charge in [-0.3, -0.25) is 14.2 Å². The first kappa shape index (κ1) is 18.3. The Bertz CT molecular complexity index is 1200. The topological polar surface area (TPSA) is 94.2 Å². The molecule has 3 heterocycles. The van der Waals surface area contributed by atoms with Gasteiger partial charge in [0, 0.05) is 19.6 Å². The first-order valence-electron chi connectivity index (χ1n) is 9.61. The van der Waals surface area contributed by atoms with E-state index >= 15 is 0 Å². The molecule has 154 valence electrons. The number of oxazole rings is 1. The lowest BCUT2D eigenvalue weighted by Gasteiger charge is -2.34. The minimum Gasteiger partial charge on any atom is -0.454 e. The van der Waals surface area contributed by atoms with E-state index in [0.29, 0.717) is 42.2 Å². The van der Waals surface area contributed by atoms with Gasteiger partial charge in [-0.2, -0.15) is 0 Å². The summed E-state index contributed by atoms with van der Waals surface area (Å²) in [4.78, 5) is 40.6. The first-order valence-corrected chi connectivity index (χ1v) is 9.61. The van der Waals surface area contributed by atoms with Gasteiger partial charge in [0.1, 0.15) is 6.54 Å². The summed E-state index contributed by atoms with van der Waals surface area (Å²) in [6, 6.07) is 12.5. The van der Waals surface area contributed by atoms with Crippen molar-refractivity contribution < 1.29 is 23.5 Å². The van der Waals surface area contributed by atoms with E-state index in [-0.39, 0.29) is 31.7 Å². The highest BCUT2D eigenvalue weighted by molar-refractivity contribution is 5.86. The molecular weight excluding hydrogens is 390 g/mol. The number of aromatic nitrogens is 1. The Labute approximate surface area is 171 Å². The van der Waals surface area contributed by atoms with Crippen molar-refractivity contribution in [2.45, 2.75) is 13.1 Å². The fourth-order valence-corrected chi connectivity index (χ4v) is 3.75. The number of carbonyl (C=O) groups excluding carboxylic acids is 2. The predicted molar refractivity (Wildman–Crippen MR) is 105 cm³/mol. The van der Waals surface area contributed by atoms with Gasteiger partial charge in [0.25, 0.3) is 0 Å². The van der Waals surface area contributed by atoms with E-state index < -0.39 is 5.76 Å². The molecule has 3 aromatic rings. The summed E-state index contributed by atoms with van der Waals surface area (Å²) in [6.07, 6.45) is 0. The third-order valence-electron chi connectivity index (χ3n) is 5.35. The van der Waals surface area contributed by atoms with Gasteiger partial charge in [-0.05, 0) is 29.8 Å². The summed E-state index contributed by atoms with van der Waals surface area (Å²) in [6.45, 7) is 1.27. The number of para-hydroxylation sites is 2. The normalized spacial score (nSPS) is 15.8. The van der Waals surface area contributed by atoms with Crippen molar-refractivity contribution >= 4 is 22.9 Å². The highest BCUT2D eigenvalue weighted by atomic mass is 16.7. The molecule has 9 heteroatoms. The fraction of sp³-hybridized carbons (Fsp3) is 0.286. The van der Waals surface area contributed by atoms with Crippen molar-refractivity contribution in [2.24, 2.45) is 0 Å². The van der Waals surface area contributed by atoms with Crippen molar-refractivity contribution in [1.82, 2.24) is 14.4 Å². The number of amides is 2. The molecule has 0 spiro atoms. The van der Waals surface area contributed by atoms with Crippen LogP contribution in [0.1, 0.15) is 5.56 Å². The van der Waals surface area contributed by atoms with Crippen LogP contribution in [0.5, 0.6) is 11.5 Å². The Morgan fingerprint density at radius 1 is 1.00 bits per heavy atom. The van der Waals surface area contributed by atoms with E-state index in [4.69, 9.17) is 13.9 Å². The van der Waals surface area contributed by atoms with Gasteiger partial charge >= 0.3 is 5.76 Å². The van der Waals surface area contributed by atoms with Gasteiger partial charge in [0.2, 0.25) is 18.6 Å². The summed E-state index contributed by atoms with van der Waals surface area (Å²) >= 11 is 0. The Kier molecular flexibility index (Phi) is 4.42. The summed E-state index contributed by atoms with van der Waals surface area (Å²) in [5, 5.41) is 0. The minimum absolute atomic E-state index is 0.0199. The van der Waals surface area contributed by atoms with Crippen LogP contribution in [0.15, 0.2) is 51.7 Å². The van der Waals surface area contributed by atoms with Gasteiger partial charge in [-0.1, -0.05) is 18.2 Å². The van der Waals surface area contributed by atoms with Crippen LogP contribution in [0, 0.1) is 0 Å². The third-order valence-corrected chi connectivity index (χ3v) is 5.35. The molecule has 1 saturated heterocycles. The van der Waals surface area contributed by atoms with E-state index in [0.717, 1.165) is 5.56 Å². The van der Waals surface area contributed by atoms with Crippen LogP contribution in [0.4, 0.5) is 0 Å². The molecule has 2 aromatic carbocycles. The Hall–Kier alpha value is -3.75. The fourth-order valence-electron chi connectivity index (χ4n) is 3.75. The largest absolute Gasteiger partial charge is 0.454 e. The maximum Gasteiger partial charge on any atom is 0.420 e. The van der Waals surface area contributed by atoms with Crippen LogP contribution in [0.3, 0.4) is 0 Å². The zero-order valence-corrected chi connectivity index (χ0v) is 16.1. The lowest BCUT2D eigenvalue weighted by atomic mass is 10.1. The lowest BCUT2D eigenvalue weighted by molar-refractivity contribution is -0.146. The Morgan fingerprint density at radius 3 is 2.70 bits per heavy atom. The number of nitrogens with zero attached hydrogens (tertiary/aromatic N) is 3. The van der Waals surface area contributed by atoms with Gasteiger partial charge in [-0.15, -0.1) is 0 Å². The van der Waals surface area contributed by atoms with Crippen LogP contribution in [-0.4, -0.2) is 52.6 Å². The van der Waals surface area contributed by atoms with E-state index in [1.807, 2.05) is 18.2 Å². The lowest BCUT2D eigenvalue weighted by Crippen LogP contribution is -2.52. The van der Waals surface area contributed by atoms with E-state index in [1.54, 1.807) is 29.2 Å². The van der Waals surface area contributed by atoms with Crippen LogP contribution in [-0.2, 0) is 22.7 Å². The second-order valence-corrected chi connectivity index (χ2v) is 7.24. The zero-order chi connectivity index (χ0) is 20.7. The SMILES string of the molecule is O=C(Cn1c(=O)oc2ccccc21)N1CCN(Cc2ccc3c(c2)OCO3)C(=O)C1.